The molecule has 8 nitrogen and oxygen atoms in total. The summed E-state index contributed by atoms with van der Waals surface area (Å²) in [5, 5.41) is 3.43. The lowest BCUT2D eigenvalue weighted by atomic mass is 9.96. The monoisotopic (exact) mass is 426 g/mol. The number of imidazole rings is 1. The van der Waals surface area contributed by atoms with Gasteiger partial charge in [0.2, 0.25) is 5.91 Å². The van der Waals surface area contributed by atoms with E-state index in [0.29, 0.717) is 16.5 Å². The van der Waals surface area contributed by atoms with Gasteiger partial charge in [0.25, 0.3) is 0 Å². The molecule has 1 aliphatic heterocycles. The highest BCUT2D eigenvalue weighted by atomic mass is 35.5. The maximum atomic E-state index is 12.7. The normalized spacial score (nSPS) is 14.6. The van der Waals surface area contributed by atoms with Crippen molar-refractivity contribution in [3.63, 3.8) is 0 Å². The Kier molecular flexibility index (Phi) is 5.85. The van der Waals surface area contributed by atoms with Crippen molar-refractivity contribution in [2.75, 3.05) is 30.4 Å². The number of carbonyl (C=O) groups excluding carboxylic acids is 1. The first-order chi connectivity index (χ1) is 14.5. The molecular weight excluding hydrogens is 404 g/mol. The molecule has 0 aliphatic carbocycles. The fourth-order valence-electron chi connectivity index (χ4n) is 3.62. The molecule has 0 atom stereocenters. The lowest BCUT2D eigenvalue weighted by molar-refractivity contribution is -0.120. The Morgan fingerprint density at radius 1 is 1.17 bits per heavy atom. The topological polar surface area (TPSA) is 85.2 Å². The second kappa shape index (κ2) is 8.71. The molecule has 0 spiro atoms. The first-order valence-corrected chi connectivity index (χ1v) is 10.1. The molecule has 4 rings (SSSR count). The Hall–Kier alpha value is -3.13. The van der Waals surface area contributed by atoms with Gasteiger partial charge in [0.05, 0.1) is 12.1 Å². The van der Waals surface area contributed by atoms with E-state index in [0.717, 1.165) is 43.4 Å². The van der Waals surface area contributed by atoms with Crippen LogP contribution in [0.5, 0.6) is 5.75 Å². The zero-order chi connectivity index (χ0) is 21.1. The summed E-state index contributed by atoms with van der Waals surface area (Å²) in [5.41, 5.74) is 0.671. The zero-order valence-corrected chi connectivity index (χ0v) is 17.6. The number of nitrogens with zero attached hydrogens (tertiary/aromatic N) is 5. The highest BCUT2D eigenvalue weighted by Gasteiger charge is 2.26. The third-order valence-electron chi connectivity index (χ3n) is 5.32. The molecule has 0 saturated carbocycles. The maximum Gasteiger partial charge on any atom is 0.227 e. The summed E-state index contributed by atoms with van der Waals surface area (Å²) in [6.45, 7) is 3.43. The van der Waals surface area contributed by atoms with E-state index in [4.69, 9.17) is 16.3 Å². The number of hydrogen-bond donors (Lipinski definition) is 1. The molecule has 1 amide bonds. The smallest absolute Gasteiger partial charge is 0.227 e. The van der Waals surface area contributed by atoms with Gasteiger partial charge in [-0.25, -0.2) is 15.0 Å². The second-order valence-electron chi connectivity index (χ2n) is 7.18. The number of rotatable bonds is 5. The summed E-state index contributed by atoms with van der Waals surface area (Å²) < 4.78 is 7.07. The van der Waals surface area contributed by atoms with Crippen molar-refractivity contribution in [3.8, 4) is 11.6 Å². The van der Waals surface area contributed by atoms with Crippen molar-refractivity contribution < 1.29 is 9.53 Å². The minimum absolute atomic E-state index is 0.00769. The predicted molar refractivity (Wildman–Crippen MR) is 115 cm³/mol. The fourth-order valence-corrected chi connectivity index (χ4v) is 3.88. The number of piperidine rings is 1. The zero-order valence-electron chi connectivity index (χ0n) is 16.9. The molecule has 9 heteroatoms. The lowest BCUT2D eigenvalue weighted by Crippen LogP contribution is -2.38. The van der Waals surface area contributed by atoms with Crippen LogP contribution < -0.4 is 15.0 Å². The van der Waals surface area contributed by atoms with Crippen molar-refractivity contribution in [1.82, 2.24) is 19.5 Å². The molecule has 1 N–H and O–H groups in total. The summed E-state index contributed by atoms with van der Waals surface area (Å²) >= 11 is 6.14. The van der Waals surface area contributed by atoms with Crippen LogP contribution in [0.4, 0.5) is 11.5 Å². The molecule has 2 aromatic heterocycles. The van der Waals surface area contributed by atoms with Gasteiger partial charge in [-0.15, -0.1) is 0 Å². The van der Waals surface area contributed by atoms with Gasteiger partial charge in [-0.1, -0.05) is 11.6 Å². The van der Waals surface area contributed by atoms with Crippen molar-refractivity contribution >= 4 is 29.0 Å². The number of aryl methyl sites for hydroxylation is 1. The van der Waals surface area contributed by atoms with E-state index in [1.807, 2.05) is 23.8 Å². The number of aromatic nitrogens is 4. The van der Waals surface area contributed by atoms with Gasteiger partial charge in [0.1, 0.15) is 29.5 Å². The van der Waals surface area contributed by atoms with E-state index in [2.05, 4.69) is 25.2 Å². The number of carbonyl (C=O) groups is 1. The van der Waals surface area contributed by atoms with Crippen molar-refractivity contribution in [2.24, 2.45) is 5.92 Å². The van der Waals surface area contributed by atoms with Crippen molar-refractivity contribution in [3.05, 3.63) is 53.8 Å². The van der Waals surface area contributed by atoms with Gasteiger partial charge in [-0.05, 0) is 38.0 Å². The average Bonchev–Trinajstić information content (AvgIpc) is 3.20. The molecule has 1 saturated heterocycles. The summed E-state index contributed by atoms with van der Waals surface area (Å²) in [6.07, 6.45) is 6.69. The standard InChI is InChI=1S/C21H23ClN6O2/c1-14-23-7-10-28(14)20-12-19(24-13-25-20)27-8-5-15(6-9-27)21(29)26-16-3-4-18(30-2)17(22)11-16/h3-4,7,10-13,15H,5-6,8-9H2,1-2H3,(H,26,29). The first-order valence-electron chi connectivity index (χ1n) is 9.77. The van der Waals surface area contributed by atoms with Crippen LogP contribution in [0.1, 0.15) is 18.7 Å². The molecule has 3 heterocycles. The molecule has 0 bridgehead atoms. The Labute approximate surface area is 179 Å². The van der Waals surface area contributed by atoms with E-state index in [-0.39, 0.29) is 11.8 Å². The number of ether oxygens (including phenoxy) is 1. The lowest BCUT2D eigenvalue weighted by Gasteiger charge is -2.32. The molecule has 3 aromatic rings. The number of nitrogens with one attached hydrogen (secondary N) is 1. The first kappa shape index (κ1) is 20.2. The largest absolute Gasteiger partial charge is 0.495 e. The molecule has 30 heavy (non-hydrogen) atoms. The Morgan fingerprint density at radius 2 is 1.93 bits per heavy atom. The predicted octanol–water partition coefficient (Wildman–Crippen LogP) is 3.49. The number of anilines is 2. The van der Waals surface area contributed by atoms with Crippen LogP contribution in [-0.2, 0) is 4.79 Å². The van der Waals surface area contributed by atoms with Crippen molar-refractivity contribution in [1.29, 1.82) is 0 Å². The van der Waals surface area contributed by atoms with Crippen LogP contribution in [0.2, 0.25) is 5.02 Å². The minimum Gasteiger partial charge on any atom is -0.495 e. The maximum absolute atomic E-state index is 12.7. The van der Waals surface area contributed by atoms with Gasteiger partial charge in [0.15, 0.2) is 0 Å². The van der Waals surface area contributed by atoms with Crippen LogP contribution in [-0.4, -0.2) is 45.6 Å². The van der Waals surface area contributed by atoms with Gasteiger partial charge in [0, 0.05) is 43.2 Å². The number of methoxy groups -OCH3 is 1. The van der Waals surface area contributed by atoms with E-state index < -0.39 is 0 Å². The van der Waals surface area contributed by atoms with E-state index in [9.17, 15) is 4.79 Å². The Balaban J connectivity index is 1.37. The highest BCUT2D eigenvalue weighted by molar-refractivity contribution is 6.32. The number of benzene rings is 1. The van der Waals surface area contributed by atoms with Crippen LogP contribution in [0, 0.1) is 12.8 Å². The molecule has 0 unspecified atom stereocenters. The van der Waals surface area contributed by atoms with E-state index >= 15 is 0 Å². The summed E-state index contributed by atoms with van der Waals surface area (Å²) in [4.78, 5) is 27.9. The third-order valence-corrected chi connectivity index (χ3v) is 5.62. The summed E-state index contributed by atoms with van der Waals surface area (Å²) in [7, 11) is 1.56. The summed E-state index contributed by atoms with van der Waals surface area (Å²) in [6, 6.07) is 7.19. The Morgan fingerprint density at radius 3 is 2.60 bits per heavy atom. The number of amides is 1. The fraction of sp³-hybridized carbons (Fsp3) is 0.333. The summed E-state index contributed by atoms with van der Waals surface area (Å²) in [5.74, 6) is 3.04. The van der Waals surface area contributed by atoms with E-state index in [1.165, 1.54) is 0 Å². The van der Waals surface area contributed by atoms with Crippen LogP contribution >= 0.6 is 11.6 Å². The highest BCUT2D eigenvalue weighted by Crippen LogP contribution is 2.28. The van der Waals surface area contributed by atoms with Crippen LogP contribution in [0.15, 0.2) is 43.0 Å². The minimum atomic E-state index is -0.0562. The molecule has 0 radical (unpaired) electrons. The number of halogens is 1. The molecular formula is C21H23ClN6O2. The van der Waals surface area contributed by atoms with Gasteiger partial charge in [-0.2, -0.15) is 0 Å². The molecule has 1 fully saturated rings. The second-order valence-corrected chi connectivity index (χ2v) is 7.59. The third kappa shape index (κ3) is 4.23. The van der Waals surface area contributed by atoms with Gasteiger partial charge < -0.3 is 15.0 Å². The molecule has 156 valence electrons. The molecule has 1 aromatic carbocycles. The molecule has 1 aliphatic rings. The number of hydrogen-bond acceptors (Lipinski definition) is 6. The van der Waals surface area contributed by atoms with Gasteiger partial charge in [-0.3, -0.25) is 9.36 Å². The quantitative estimate of drug-likeness (QED) is 0.672. The Bertz CT molecular complexity index is 1050. The van der Waals surface area contributed by atoms with Crippen LogP contribution in [0.3, 0.4) is 0 Å². The average molecular weight is 427 g/mol. The van der Waals surface area contributed by atoms with Gasteiger partial charge >= 0.3 is 0 Å². The van der Waals surface area contributed by atoms with Crippen molar-refractivity contribution in [2.45, 2.75) is 19.8 Å². The van der Waals surface area contributed by atoms with E-state index in [1.54, 1.807) is 37.8 Å². The SMILES string of the molecule is COc1ccc(NC(=O)C2CCN(c3cc(-n4ccnc4C)ncn3)CC2)cc1Cl. The van der Waals surface area contributed by atoms with Crippen LogP contribution in [0.25, 0.3) is 5.82 Å².